The van der Waals surface area contributed by atoms with Crippen LogP contribution in [0.2, 0.25) is 0 Å². The lowest BCUT2D eigenvalue weighted by atomic mass is 9.95. The number of fused-ring (bicyclic) bond motifs is 1. The van der Waals surface area contributed by atoms with E-state index in [0.29, 0.717) is 50.0 Å². The Balaban J connectivity index is 1.94. The molecule has 38 heavy (non-hydrogen) atoms. The minimum absolute atomic E-state index is 0.0993. The molecule has 0 spiro atoms. The molecule has 1 atom stereocenters. The van der Waals surface area contributed by atoms with Crippen molar-refractivity contribution < 1.29 is 23.7 Å². The van der Waals surface area contributed by atoms with Crippen LogP contribution >= 0.6 is 11.3 Å². The third kappa shape index (κ3) is 5.38. The topological polar surface area (TPSA) is 88.4 Å². The average molecular weight is 537 g/mol. The Kier molecular flexibility index (Phi) is 8.36. The molecule has 9 heteroatoms. The van der Waals surface area contributed by atoms with Crippen molar-refractivity contribution in [3.05, 3.63) is 84.5 Å². The molecule has 1 aromatic heterocycles. The van der Waals surface area contributed by atoms with Crippen molar-refractivity contribution in [2.24, 2.45) is 4.99 Å². The summed E-state index contributed by atoms with van der Waals surface area (Å²) >= 11 is 1.26. The van der Waals surface area contributed by atoms with E-state index in [9.17, 15) is 9.59 Å². The van der Waals surface area contributed by atoms with E-state index in [-0.39, 0.29) is 18.3 Å². The van der Waals surface area contributed by atoms with Crippen molar-refractivity contribution in [3.63, 3.8) is 0 Å². The zero-order valence-electron chi connectivity index (χ0n) is 22.4. The number of nitrogens with zero attached hydrogens (tertiary/aromatic N) is 2. The lowest BCUT2D eigenvalue weighted by Gasteiger charge is -2.26. The molecule has 0 N–H and O–H groups in total. The number of esters is 1. The second-order valence-electron chi connectivity index (χ2n) is 8.85. The molecule has 2 aromatic carbocycles. The second kappa shape index (κ2) is 11.7. The van der Waals surface area contributed by atoms with E-state index in [1.165, 1.54) is 11.3 Å². The fourth-order valence-corrected chi connectivity index (χ4v) is 5.40. The van der Waals surface area contributed by atoms with Gasteiger partial charge in [-0.2, -0.15) is 0 Å². The monoisotopic (exact) mass is 536 g/mol. The van der Waals surface area contributed by atoms with E-state index in [1.807, 2.05) is 63.2 Å². The molecule has 0 radical (unpaired) electrons. The van der Waals surface area contributed by atoms with Gasteiger partial charge in [0.05, 0.1) is 42.2 Å². The molecule has 0 bridgehead atoms. The summed E-state index contributed by atoms with van der Waals surface area (Å²) in [5.41, 5.74) is 2.02. The second-order valence-corrected chi connectivity index (χ2v) is 9.86. The molecule has 1 aliphatic heterocycles. The van der Waals surface area contributed by atoms with Crippen LogP contribution in [0, 0.1) is 0 Å². The number of carbonyl (C=O) groups is 1. The Labute approximate surface area is 225 Å². The lowest BCUT2D eigenvalue weighted by molar-refractivity contribution is -0.139. The number of para-hydroxylation sites is 1. The van der Waals surface area contributed by atoms with Crippen LogP contribution in [0.25, 0.3) is 6.08 Å². The fourth-order valence-electron chi connectivity index (χ4n) is 4.35. The van der Waals surface area contributed by atoms with Crippen LogP contribution in [0.15, 0.2) is 63.5 Å². The van der Waals surface area contributed by atoms with Gasteiger partial charge in [0, 0.05) is 5.56 Å². The normalized spacial score (nSPS) is 15.2. The van der Waals surface area contributed by atoms with Gasteiger partial charge in [-0.25, -0.2) is 9.79 Å². The number of ether oxygens (including phenoxy) is 4. The summed E-state index contributed by atoms with van der Waals surface area (Å²) in [6.45, 7) is 10.00. The summed E-state index contributed by atoms with van der Waals surface area (Å²) in [5, 5.41) is 0. The number of carbonyl (C=O) groups excluding carboxylic acids is 1. The van der Waals surface area contributed by atoms with Gasteiger partial charge in [-0.15, -0.1) is 0 Å². The van der Waals surface area contributed by atoms with E-state index in [0.717, 1.165) is 5.56 Å². The van der Waals surface area contributed by atoms with Crippen LogP contribution in [0.1, 0.15) is 51.8 Å². The first-order valence-corrected chi connectivity index (χ1v) is 13.4. The van der Waals surface area contributed by atoms with E-state index in [1.54, 1.807) is 31.6 Å². The van der Waals surface area contributed by atoms with Gasteiger partial charge in [0.25, 0.3) is 5.56 Å². The highest BCUT2D eigenvalue weighted by Gasteiger charge is 2.35. The minimum Gasteiger partial charge on any atom is -0.493 e. The Morgan fingerprint density at radius 2 is 1.87 bits per heavy atom. The molecule has 0 unspecified atom stereocenters. The summed E-state index contributed by atoms with van der Waals surface area (Å²) in [7, 11) is 1.58. The molecule has 0 saturated carbocycles. The van der Waals surface area contributed by atoms with Crippen molar-refractivity contribution in [1.29, 1.82) is 0 Å². The zero-order chi connectivity index (χ0) is 27.4. The van der Waals surface area contributed by atoms with Gasteiger partial charge in [-0.1, -0.05) is 35.6 Å². The summed E-state index contributed by atoms with van der Waals surface area (Å²) in [5.74, 6) is 1.29. The van der Waals surface area contributed by atoms with Crippen molar-refractivity contribution in [1.82, 2.24) is 4.57 Å². The molecule has 0 amide bonds. The van der Waals surface area contributed by atoms with Crippen molar-refractivity contribution >= 4 is 23.4 Å². The van der Waals surface area contributed by atoms with E-state index < -0.39 is 12.0 Å². The van der Waals surface area contributed by atoms with Gasteiger partial charge in [0.1, 0.15) is 11.8 Å². The molecule has 1 aliphatic rings. The third-order valence-corrected chi connectivity index (χ3v) is 6.86. The molecule has 8 nitrogen and oxygen atoms in total. The highest BCUT2D eigenvalue weighted by Crippen LogP contribution is 2.36. The van der Waals surface area contributed by atoms with Crippen LogP contribution in [-0.2, 0) is 9.53 Å². The minimum atomic E-state index is -0.753. The Hall–Kier alpha value is -3.85. The van der Waals surface area contributed by atoms with E-state index in [2.05, 4.69) is 4.99 Å². The molecular weight excluding hydrogens is 504 g/mol. The summed E-state index contributed by atoms with van der Waals surface area (Å²) in [4.78, 5) is 32.2. The Bertz CT molecular complexity index is 1550. The maximum atomic E-state index is 13.9. The van der Waals surface area contributed by atoms with E-state index in [4.69, 9.17) is 18.9 Å². The number of aromatic nitrogens is 1. The van der Waals surface area contributed by atoms with Crippen LogP contribution in [0.5, 0.6) is 17.2 Å². The van der Waals surface area contributed by atoms with Gasteiger partial charge in [-0.3, -0.25) is 9.36 Å². The van der Waals surface area contributed by atoms with Crippen molar-refractivity contribution in [3.8, 4) is 17.2 Å². The maximum absolute atomic E-state index is 13.9. The molecule has 0 fully saturated rings. The first-order chi connectivity index (χ1) is 18.3. The number of rotatable bonds is 9. The molecule has 0 aliphatic carbocycles. The number of allylic oxidation sites excluding steroid dienone is 1. The van der Waals surface area contributed by atoms with Gasteiger partial charge in [0.2, 0.25) is 0 Å². The maximum Gasteiger partial charge on any atom is 0.338 e. The van der Waals surface area contributed by atoms with Gasteiger partial charge < -0.3 is 18.9 Å². The van der Waals surface area contributed by atoms with Gasteiger partial charge in [-0.05, 0) is 64.5 Å². The quantitative estimate of drug-likeness (QED) is 0.384. The molecule has 0 saturated heterocycles. The molecule has 200 valence electrons. The molecule has 3 aromatic rings. The highest BCUT2D eigenvalue weighted by atomic mass is 32.1. The van der Waals surface area contributed by atoms with Gasteiger partial charge >= 0.3 is 5.97 Å². The largest absolute Gasteiger partial charge is 0.493 e. The first-order valence-electron chi connectivity index (χ1n) is 12.5. The predicted octanol–water partition coefficient (Wildman–Crippen LogP) is 3.99. The highest BCUT2D eigenvalue weighted by molar-refractivity contribution is 7.07. The van der Waals surface area contributed by atoms with Crippen molar-refractivity contribution in [2.45, 2.75) is 46.8 Å². The van der Waals surface area contributed by atoms with Crippen molar-refractivity contribution in [2.75, 3.05) is 20.3 Å². The molecular formula is C29H32N2O6S. The molecule has 4 rings (SSSR count). The summed E-state index contributed by atoms with van der Waals surface area (Å²) in [6.07, 6.45) is 1.69. The SMILES string of the molecule is CCOC(=O)C1=C(C)N=c2s/c(=C/c3ccc(OCC)c(OC)c3)c(=O)n2[C@@H]1c1ccccc1OC(C)C. The number of methoxy groups -OCH3 is 1. The third-order valence-electron chi connectivity index (χ3n) is 5.88. The smallest absolute Gasteiger partial charge is 0.338 e. The number of hydrogen-bond donors (Lipinski definition) is 0. The lowest BCUT2D eigenvalue weighted by Crippen LogP contribution is -2.40. The average Bonchev–Trinajstić information content (AvgIpc) is 3.18. The summed E-state index contributed by atoms with van der Waals surface area (Å²) in [6, 6.07) is 12.2. The number of hydrogen-bond acceptors (Lipinski definition) is 8. The standard InChI is InChI=1S/C29H32N2O6S/c1-7-35-22-14-13-19(15-23(22)34-6)16-24-27(32)31-26(20-11-9-10-12-21(20)37-17(3)4)25(28(33)36-8-2)18(5)30-29(31)38-24/h9-17,26H,7-8H2,1-6H3/b24-16+/t26-/m1/s1. The summed E-state index contributed by atoms with van der Waals surface area (Å²) < 4.78 is 24.6. The van der Waals surface area contributed by atoms with Crippen LogP contribution in [0.4, 0.5) is 0 Å². The van der Waals surface area contributed by atoms with Crippen LogP contribution in [-0.4, -0.2) is 37.0 Å². The number of thiazole rings is 1. The Morgan fingerprint density at radius 3 is 2.55 bits per heavy atom. The predicted molar refractivity (Wildman–Crippen MR) is 147 cm³/mol. The van der Waals surface area contributed by atoms with E-state index >= 15 is 0 Å². The van der Waals surface area contributed by atoms with Crippen LogP contribution in [0.3, 0.4) is 0 Å². The Morgan fingerprint density at radius 1 is 1.11 bits per heavy atom. The first kappa shape index (κ1) is 27.2. The van der Waals surface area contributed by atoms with Crippen LogP contribution < -0.4 is 29.1 Å². The number of benzene rings is 2. The fraction of sp³-hybridized carbons (Fsp3) is 0.345. The molecule has 2 heterocycles. The van der Waals surface area contributed by atoms with Gasteiger partial charge in [0.15, 0.2) is 16.3 Å². The zero-order valence-corrected chi connectivity index (χ0v) is 23.3.